The highest BCUT2D eigenvalue weighted by molar-refractivity contribution is 6.05. The number of imide groups is 1. The number of carbonyl (C=O) groups is 3. The lowest BCUT2D eigenvalue weighted by Crippen LogP contribution is -2.41. The lowest BCUT2D eigenvalue weighted by molar-refractivity contribution is -0.141. The molecule has 122 valence electrons. The Morgan fingerprint density at radius 1 is 1.09 bits per heavy atom. The molecule has 0 aromatic rings. The van der Waals surface area contributed by atoms with Gasteiger partial charge in [-0.05, 0) is 39.5 Å². The van der Waals surface area contributed by atoms with Gasteiger partial charge in [0.2, 0.25) is 17.7 Å². The summed E-state index contributed by atoms with van der Waals surface area (Å²) in [5.74, 6) is -0.218. The normalized spacial score (nSPS) is 28.2. The number of nitrogens with zero attached hydrogens (tertiary/aromatic N) is 2. The minimum Gasteiger partial charge on any atom is -0.337 e. The smallest absolute Gasteiger partial charge is 0.233 e. The van der Waals surface area contributed by atoms with Crippen molar-refractivity contribution in [3.05, 3.63) is 0 Å². The van der Waals surface area contributed by atoms with Gasteiger partial charge in [-0.25, -0.2) is 0 Å². The SMILES string of the molecule is CC(C)N(C(=O)CCN1C(=O)C2CCCCC2C1=O)C1CC1. The molecule has 3 rings (SSSR count). The summed E-state index contributed by atoms with van der Waals surface area (Å²) in [5, 5.41) is 0. The summed E-state index contributed by atoms with van der Waals surface area (Å²) in [6.07, 6.45) is 6.17. The van der Waals surface area contributed by atoms with Crippen LogP contribution in [-0.4, -0.2) is 46.1 Å². The van der Waals surface area contributed by atoms with E-state index in [0.29, 0.717) is 6.04 Å². The monoisotopic (exact) mass is 306 g/mol. The highest BCUT2D eigenvalue weighted by atomic mass is 16.2. The Morgan fingerprint density at radius 3 is 2.09 bits per heavy atom. The molecule has 3 fully saturated rings. The molecule has 2 aliphatic carbocycles. The second kappa shape index (κ2) is 6.01. The van der Waals surface area contributed by atoms with Crippen molar-refractivity contribution in [1.29, 1.82) is 0 Å². The zero-order chi connectivity index (χ0) is 15.9. The van der Waals surface area contributed by atoms with Gasteiger partial charge in [0.05, 0.1) is 11.8 Å². The van der Waals surface area contributed by atoms with Crippen LogP contribution < -0.4 is 0 Å². The number of likely N-dealkylation sites (tertiary alicyclic amines) is 1. The van der Waals surface area contributed by atoms with Gasteiger partial charge in [0, 0.05) is 25.0 Å². The molecule has 22 heavy (non-hydrogen) atoms. The average molecular weight is 306 g/mol. The van der Waals surface area contributed by atoms with Crippen LogP contribution in [0.2, 0.25) is 0 Å². The van der Waals surface area contributed by atoms with Crippen molar-refractivity contribution in [3.8, 4) is 0 Å². The van der Waals surface area contributed by atoms with Gasteiger partial charge < -0.3 is 4.90 Å². The lowest BCUT2D eigenvalue weighted by Gasteiger charge is -2.27. The Hall–Kier alpha value is -1.39. The predicted octanol–water partition coefficient (Wildman–Crippen LogP) is 1.95. The molecule has 0 N–H and O–H groups in total. The van der Waals surface area contributed by atoms with Crippen molar-refractivity contribution in [3.63, 3.8) is 0 Å². The second-order valence-electron chi connectivity index (χ2n) is 7.20. The van der Waals surface area contributed by atoms with E-state index in [1.165, 1.54) is 4.90 Å². The van der Waals surface area contributed by atoms with E-state index in [0.717, 1.165) is 38.5 Å². The Kier molecular flexibility index (Phi) is 4.24. The largest absolute Gasteiger partial charge is 0.337 e. The number of fused-ring (bicyclic) bond motifs is 1. The quantitative estimate of drug-likeness (QED) is 0.730. The maximum atomic E-state index is 12.4. The number of amides is 3. The highest BCUT2D eigenvalue weighted by Gasteiger charge is 2.48. The molecular formula is C17H26N2O3. The van der Waals surface area contributed by atoms with Crippen molar-refractivity contribution in [2.24, 2.45) is 11.8 Å². The number of rotatable bonds is 5. The van der Waals surface area contributed by atoms with Crippen LogP contribution in [0.3, 0.4) is 0 Å². The van der Waals surface area contributed by atoms with Crippen molar-refractivity contribution in [1.82, 2.24) is 9.80 Å². The summed E-state index contributed by atoms with van der Waals surface area (Å²) in [7, 11) is 0. The number of carbonyl (C=O) groups excluding carboxylic acids is 3. The standard InChI is InChI=1S/C17H26N2O3/c1-11(2)19(12-7-8-12)15(20)9-10-18-16(21)13-5-3-4-6-14(13)17(18)22/h11-14H,3-10H2,1-2H3. The second-order valence-corrected chi connectivity index (χ2v) is 7.20. The molecule has 5 heteroatoms. The minimum atomic E-state index is -0.110. The molecule has 3 amide bonds. The molecule has 5 nitrogen and oxygen atoms in total. The predicted molar refractivity (Wildman–Crippen MR) is 81.8 cm³/mol. The van der Waals surface area contributed by atoms with Crippen LogP contribution in [0.5, 0.6) is 0 Å². The van der Waals surface area contributed by atoms with E-state index in [-0.39, 0.29) is 48.6 Å². The Morgan fingerprint density at radius 2 is 1.64 bits per heavy atom. The van der Waals surface area contributed by atoms with Crippen LogP contribution in [0.15, 0.2) is 0 Å². The van der Waals surface area contributed by atoms with E-state index in [9.17, 15) is 14.4 Å². The Bertz CT molecular complexity index is 458. The first-order chi connectivity index (χ1) is 10.5. The van der Waals surface area contributed by atoms with E-state index in [1.807, 2.05) is 18.7 Å². The summed E-state index contributed by atoms with van der Waals surface area (Å²) in [6, 6.07) is 0.563. The van der Waals surface area contributed by atoms with Gasteiger partial charge in [-0.3, -0.25) is 19.3 Å². The van der Waals surface area contributed by atoms with Gasteiger partial charge in [0.15, 0.2) is 0 Å². The first kappa shape index (κ1) is 15.5. The molecule has 0 bridgehead atoms. The maximum absolute atomic E-state index is 12.4. The van der Waals surface area contributed by atoms with Crippen molar-refractivity contribution in [2.75, 3.05) is 6.54 Å². The van der Waals surface area contributed by atoms with Gasteiger partial charge in [-0.15, -0.1) is 0 Å². The molecule has 0 spiro atoms. The van der Waals surface area contributed by atoms with Crippen LogP contribution in [0.4, 0.5) is 0 Å². The third-order valence-corrected chi connectivity index (χ3v) is 5.27. The third kappa shape index (κ3) is 2.77. The molecule has 0 radical (unpaired) electrons. The molecule has 0 aromatic carbocycles. The van der Waals surface area contributed by atoms with Crippen molar-refractivity contribution in [2.45, 2.75) is 70.9 Å². The molecule has 3 aliphatic rings. The zero-order valence-electron chi connectivity index (χ0n) is 13.6. The molecule has 1 saturated heterocycles. The lowest BCUT2D eigenvalue weighted by atomic mass is 9.81. The molecule has 0 aromatic heterocycles. The van der Waals surface area contributed by atoms with E-state index >= 15 is 0 Å². The van der Waals surface area contributed by atoms with E-state index in [4.69, 9.17) is 0 Å². The first-order valence-corrected chi connectivity index (χ1v) is 8.67. The van der Waals surface area contributed by atoms with E-state index < -0.39 is 0 Å². The summed E-state index contributed by atoms with van der Waals surface area (Å²) >= 11 is 0. The Labute approximate surface area is 132 Å². The average Bonchev–Trinajstić information content (AvgIpc) is 3.27. The minimum absolute atomic E-state index is 0.0370. The fourth-order valence-electron chi connectivity index (χ4n) is 4.05. The molecule has 1 aliphatic heterocycles. The maximum Gasteiger partial charge on any atom is 0.233 e. The van der Waals surface area contributed by atoms with Crippen LogP contribution in [0, 0.1) is 11.8 Å². The van der Waals surface area contributed by atoms with Gasteiger partial charge in [0.25, 0.3) is 0 Å². The molecule has 2 saturated carbocycles. The van der Waals surface area contributed by atoms with Crippen LogP contribution in [0.1, 0.15) is 58.8 Å². The summed E-state index contributed by atoms with van der Waals surface area (Å²) in [6.45, 7) is 4.31. The van der Waals surface area contributed by atoms with Crippen molar-refractivity contribution >= 4 is 17.7 Å². The van der Waals surface area contributed by atoms with Crippen LogP contribution in [0.25, 0.3) is 0 Å². The number of hydrogen-bond donors (Lipinski definition) is 0. The van der Waals surface area contributed by atoms with Gasteiger partial charge in [-0.1, -0.05) is 12.8 Å². The third-order valence-electron chi connectivity index (χ3n) is 5.27. The van der Waals surface area contributed by atoms with Crippen LogP contribution >= 0.6 is 0 Å². The van der Waals surface area contributed by atoms with E-state index in [1.54, 1.807) is 0 Å². The van der Waals surface area contributed by atoms with Gasteiger partial charge >= 0.3 is 0 Å². The molecule has 2 atom stereocenters. The Balaban J connectivity index is 1.60. The highest BCUT2D eigenvalue weighted by Crippen LogP contribution is 2.38. The van der Waals surface area contributed by atoms with Crippen molar-refractivity contribution < 1.29 is 14.4 Å². The summed E-state index contributed by atoms with van der Waals surface area (Å²) < 4.78 is 0. The zero-order valence-corrected chi connectivity index (χ0v) is 13.6. The van der Waals surface area contributed by atoms with Crippen LogP contribution in [-0.2, 0) is 14.4 Å². The topological polar surface area (TPSA) is 57.7 Å². The van der Waals surface area contributed by atoms with Gasteiger partial charge in [-0.2, -0.15) is 0 Å². The van der Waals surface area contributed by atoms with Gasteiger partial charge in [0.1, 0.15) is 0 Å². The summed E-state index contributed by atoms with van der Waals surface area (Å²) in [5.41, 5.74) is 0. The molecular weight excluding hydrogens is 280 g/mol. The fraction of sp³-hybridized carbons (Fsp3) is 0.824. The molecule has 1 heterocycles. The summed E-state index contributed by atoms with van der Waals surface area (Å²) in [4.78, 5) is 40.5. The number of hydrogen-bond acceptors (Lipinski definition) is 3. The molecule has 2 unspecified atom stereocenters. The fourth-order valence-corrected chi connectivity index (χ4v) is 4.05. The first-order valence-electron chi connectivity index (χ1n) is 8.67. The van der Waals surface area contributed by atoms with E-state index in [2.05, 4.69) is 0 Å².